The van der Waals surface area contributed by atoms with Crippen LogP contribution in [0.1, 0.15) is 42.4 Å². The Morgan fingerprint density at radius 2 is 2.11 bits per heavy atom. The summed E-state index contributed by atoms with van der Waals surface area (Å²) in [5.74, 6) is 0.204. The summed E-state index contributed by atoms with van der Waals surface area (Å²) in [5.41, 5.74) is 3.98. The highest BCUT2D eigenvalue weighted by Crippen LogP contribution is 2.18. The fraction of sp³-hybridized carbons (Fsp3) is 0.562. The fourth-order valence-electron chi connectivity index (χ4n) is 2.17. The van der Waals surface area contributed by atoms with Crippen molar-refractivity contribution < 1.29 is 4.79 Å². The molecule has 0 unspecified atom stereocenters. The molecule has 1 aromatic rings. The highest BCUT2D eigenvalue weighted by atomic mass is 16.1. The average Bonchev–Trinajstić information content (AvgIpc) is 3.15. The van der Waals surface area contributed by atoms with Crippen molar-refractivity contribution in [1.82, 2.24) is 10.6 Å². The highest BCUT2D eigenvalue weighted by molar-refractivity contribution is 5.76. The van der Waals surface area contributed by atoms with Crippen molar-refractivity contribution in [3.63, 3.8) is 0 Å². The van der Waals surface area contributed by atoms with Crippen molar-refractivity contribution in [3.8, 4) is 0 Å². The molecule has 1 aromatic carbocycles. The molecule has 0 saturated heterocycles. The zero-order chi connectivity index (χ0) is 13.7. The molecule has 2 N–H and O–H groups in total. The third-order valence-electron chi connectivity index (χ3n) is 3.51. The summed E-state index contributed by atoms with van der Waals surface area (Å²) in [6.07, 6.45) is 3.87. The van der Waals surface area contributed by atoms with E-state index in [1.165, 1.54) is 16.7 Å². The number of hydrogen-bond acceptors (Lipinski definition) is 2. The number of carbonyl (C=O) groups excluding carboxylic acids is 1. The van der Waals surface area contributed by atoms with Gasteiger partial charge >= 0.3 is 0 Å². The van der Waals surface area contributed by atoms with Crippen molar-refractivity contribution in [2.75, 3.05) is 6.54 Å². The van der Waals surface area contributed by atoms with Crippen molar-refractivity contribution in [1.29, 1.82) is 0 Å². The Hall–Kier alpha value is -1.35. The van der Waals surface area contributed by atoms with Gasteiger partial charge in [-0.2, -0.15) is 0 Å². The van der Waals surface area contributed by atoms with Gasteiger partial charge in [0.2, 0.25) is 5.91 Å². The molecule has 1 aliphatic rings. The van der Waals surface area contributed by atoms with Crippen LogP contribution >= 0.6 is 0 Å². The second-order valence-corrected chi connectivity index (χ2v) is 5.55. The van der Waals surface area contributed by atoms with E-state index in [-0.39, 0.29) is 5.91 Å². The first kappa shape index (κ1) is 14.1. The van der Waals surface area contributed by atoms with E-state index in [2.05, 4.69) is 42.7 Å². The number of amides is 1. The molecule has 1 fully saturated rings. The Kier molecular flexibility index (Phi) is 4.97. The summed E-state index contributed by atoms with van der Waals surface area (Å²) in [4.78, 5) is 11.5. The first-order valence-corrected chi connectivity index (χ1v) is 7.21. The van der Waals surface area contributed by atoms with Crippen LogP contribution in [0.4, 0.5) is 0 Å². The molecule has 19 heavy (non-hydrogen) atoms. The Labute approximate surface area is 115 Å². The maximum absolute atomic E-state index is 11.5. The van der Waals surface area contributed by atoms with Gasteiger partial charge in [-0.25, -0.2) is 0 Å². The first-order chi connectivity index (χ1) is 9.15. The summed E-state index contributed by atoms with van der Waals surface area (Å²) < 4.78 is 0. The summed E-state index contributed by atoms with van der Waals surface area (Å²) in [6.45, 7) is 6.04. The van der Waals surface area contributed by atoms with Gasteiger partial charge in [-0.1, -0.05) is 23.8 Å². The number of aryl methyl sites for hydroxylation is 2. The van der Waals surface area contributed by atoms with E-state index in [0.717, 1.165) is 32.4 Å². The quantitative estimate of drug-likeness (QED) is 0.739. The van der Waals surface area contributed by atoms with Crippen LogP contribution in [0.15, 0.2) is 18.2 Å². The SMILES string of the molecule is Cc1ccc(CNCCCC(=O)NC2CC2)c(C)c1. The number of rotatable bonds is 7. The van der Waals surface area contributed by atoms with E-state index in [9.17, 15) is 4.79 Å². The molecule has 0 bridgehead atoms. The second-order valence-electron chi connectivity index (χ2n) is 5.55. The third kappa shape index (κ3) is 5.03. The minimum Gasteiger partial charge on any atom is -0.353 e. The molecule has 104 valence electrons. The molecular weight excluding hydrogens is 236 g/mol. The minimum absolute atomic E-state index is 0.204. The first-order valence-electron chi connectivity index (χ1n) is 7.21. The fourth-order valence-corrected chi connectivity index (χ4v) is 2.17. The smallest absolute Gasteiger partial charge is 0.220 e. The normalized spacial score (nSPS) is 14.4. The van der Waals surface area contributed by atoms with Crippen molar-refractivity contribution in [2.45, 2.75) is 52.1 Å². The molecular formula is C16H24N2O. The maximum Gasteiger partial charge on any atom is 0.220 e. The lowest BCUT2D eigenvalue weighted by molar-refractivity contribution is -0.121. The Bertz CT molecular complexity index is 438. The zero-order valence-electron chi connectivity index (χ0n) is 12.0. The van der Waals surface area contributed by atoms with Crippen molar-refractivity contribution >= 4 is 5.91 Å². The Morgan fingerprint density at radius 1 is 1.32 bits per heavy atom. The molecule has 0 aromatic heterocycles. The topological polar surface area (TPSA) is 41.1 Å². The van der Waals surface area contributed by atoms with Gasteiger partial charge in [-0.05, 0) is 50.8 Å². The van der Waals surface area contributed by atoms with Crippen LogP contribution < -0.4 is 10.6 Å². The summed E-state index contributed by atoms with van der Waals surface area (Å²) >= 11 is 0. The predicted molar refractivity (Wildman–Crippen MR) is 78.0 cm³/mol. The van der Waals surface area contributed by atoms with E-state index in [4.69, 9.17) is 0 Å². The number of hydrogen-bond donors (Lipinski definition) is 2. The lowest BCUT2D eigenvalue weighted by Crippen LogP contribution is -2.26. The van der Waals surface area contributed by atoms with Gasteiger partial charge in [-0.15, -0.1) is 0 Å². The molecule has 1 aliphatic carbocycles. The van der Waals surface area contributed by atoms with E-state index >= 15 is 0 Å². The van der Waals surface area contributed by atoms with Gasteiger partial charge in [0.05, 0.1) is 0 Å². The van der Waals surface area contributed by atoms with Gasteiger partial charge < -0.3 is 10.6 Å². The molecule has 2 rings (SSSR count). The molecule has 3 nitrogen and oxygen atoms in total. The molecule has 0 aliphatic heterocycles. The van der Waals surface area contributed by atoms with Gasteiger partial charge in [0.25, 0.3) is 0 Å². The molecule has 0 atom stereocenters. The Balaban J connectivity index is 1.59. The molecule has 3 heteroatoms. The van der Waals surface area contributed by atoms with E-state index in [1.807, 2.05) is 0 Å². The molecule has 0 radical (unpaired) electrons. The molecule has 1 amide bonds. The van der Waals surface area contributed by atoms with Crippen LogP contribution in [0, 0.1) is 13.8 Å². The molecule has 1 saturated carbocycles. The molecule has 0 spiro atoms. The molecule has 0 heterocycles. The van der Waals surface area contributed by atoms with Gasteiger partial charge in [0.15, 0.2) is 0 Å². The standard InChI is InChI=1S/C16H24N2O/c1-12-5-6-14(13(2)10-12)11-17-9-3-4-16(19)18-15-7-8-15/h5-6,10,15,17H,3-4,7-9,11H2,1-2H3,(H,18,19). The van der Waals surface area contributed by atoms with E-state index in [0.29, 0.717) is 12.5 Å². The van der Waals surface area contributed by atoms with Crippen LogP contribution in [0.2, 0.25) is 0 Å². The van der Waals surface area contributed by atoms with E-state index in [1.54, 1.807) is 0 Å². The minimum atomic E-state index is 0.204. The van der Waals surface area contributed by atoms with Crippen LogP contribution in [0.25, 0.3) is 0 Å². The van der Waals surface area contributed by atoms with Crippen LogP contribution in [0.3, 0.4) is 0 Å². The largest absolute Gasteiger partial charge is 0.353 e. The predicted octanol–water partition coefficient (Wildman–Crippen LogP) is 2.45. The van der Waals surface area contributed by atoms with Crippen LogP contribution in [-0.2, 0) is 11.3 Å². The van der Waals surface area contributed by atoms with Gasteiger partial charge in [0.1, 0.15) is 0 Å². The number of benzene rings is 1. The third-order valence-corrected chi connectivity index (χ3v) is 3.51. The number of nitrogens with one attached hydrogen (secondary N) is 2. The average molecular weight is 260 g/mol. The Morgan fingerprint density at radius 3 is 2.79 bits per heavy atom. The van der Waals surface area contributed by atoms with E-state index < -0.39 is 0 Å². The number of carbonyl (C=O) groups is 1. The highest BCUT2D eigenvalue weighted by Gasteiger charge is 2.22. The lowest BCUT2D eigenvalue weighted by Gasteiger charge is -2.08. The van der Waals surface area contributed by atoms with Gasteiger partial charge in [0, 0.05) is 19.0 Å². The van der Waals surface area contributed by atoms with Crippen molar-refractivity contribution in [3.05, 3.63) is 34.9 Å². The second kappa shape index (κ2) is 6.71. The van der Waals surface area contributed by atoms with Crippen LogP contribution in [0.5, 0.6) is 0 Å². The van der Waals surface area contributed by atoms with Crippen LogP contribution in [-0.4, -0.2) is 18.5 Å². The monoisotopic (exact) mass is 260 g/mol. The van der Waals surface area contributed by atoms with Gasteiger partial charge in [-0.3, -0.25) is 4.79 Å². The lowest BCUT2D eigenvalue weighted by atomic mass is 10.1. The zero-order valence-corrected chi connectivity index (χ0v) is 12.0. The van der Waals surface area contributed by atoms with Crippen molar-refractivity contribution in [2.24, 2.45) is 0 Å². The summed E-state index contributed by atoms with van der Waals surface area (Å²) in [7, 11) is 0. The summed E-state index contributed by atoms with van der Waals surface area (Å²) in [6, 6.07) is 7.01. The maximum atomic E-state index is 11.5. The summed E-state index contributed by atoms with van der Waals surface area (Å²) in [5, 5.41) is 6.42.